The zero-order valence-corrected chi connectivity index (χ0v) is 21.0. The number of hydrogen-bond acceptors (Lipinski definition) is 5. The van der Waals surface area contributed by atoms with E-state index in [1.54, 1.807) is 10.5 Å². The van der Waals surface area contributed by atoms with E-state index < -0.39 is 0 Å². The van der Waals surface area contributed by atoms with Gasteiger partial charge >= 0.3 is 0 Å². The minimum Gasteiger partial charge on any atom is -0.490 e. The fourth-order valence-corrected chi connectivity index (χ4v) is 5.67. The third-order valence-corrected chi connectivity index (χ3v) is 7.28. The number of fused-ring (bicyclic) bond motifs is 4. The molecular weight excluding hydrogens is 492 g/mol. The van der Waals surface area contributed by atoms with Crippen LogP contribution in [0.2, 0.25) is 5.02 Å². The lowest BCUT2D eigenvalue weighted by atomic mass is 10.1. The number of para-hydroxylation sites is 2. The molecule has 36 heavy (non-hydrogen) atoms. The molecule has 0 spiro atoms. The van der Waals surface area contributed by atoms with E-state index >= 15 is 0 Å². The lowest BCUT2D eigenvalue weighted by Crippen LogP contribution is -2.22. The number of nitrogens with zero attached hydrogens (tertiary/aromatic N) is 2. The van der Waals surface area contributed by atoms with E-state index in [0.717, 1.165) is 32.9 Å². The summed E-state index contributed by atoms with van der Waals surface area (Å²) in [6.07, 6.45) is 1.82. The number of imidazole rings is 1. The van der Waals surface area contributed by atoms with Crippen LogP contribution in [0.15, 0.2) is 83.7 Å². The standard InChI is InChI=1S/C29H21ClN2O3S/c1-2-34-25-15-18(16-26-28(33)32-24-13-6-5-12-23(24)31-29(32)36-26)14-22(30)27(25)35-17-20-10-7-9-19-8-3-4-11-21(19)20/h3-16H,2,17H2,1H3/b26-16-. The van der Waals surface area contributed by atoms with Crippen molar-refractivity contribution in [1.82, 2.24) is 9.38 Å². The molecule has 0 aliphatic rings. The van der Waals surface area contributed by atoms with Crippen LogP contribution in [0, 0.1) is 0 Å². The van der Waals surface area contributed by atoms with Gasteiger partial charge in [-0.3, -0.25) is 4.79 Å². The third-order valence-electron chi connectivity index (χ3n) is 6.03. The highest BCUT2D eigenvalue weighted by molar-refractivity contribution is 7.15. The van der Waals surface area contributed by atoms with Crippen LogP contribution in [0.5, 0.6) is 11.5 Å². The molecule has 0 amide bonds. The molecule has 7 heteroatoms. The molecule has 6 rings (SSSR count). The van der Waals surface area contributed by atoms with Crippen LogP contribution < -0.4 is 19.6 Å². The Morgan fingerprint density at radius 2 is 1.81 bits per heavy atom. The number of benzene rings is 4. The number of rotatable bonds is 6. The van der Waals surface area contributed by atoms with Crippen LogP contribution in [-0.2, 0) is 6.61 Å². The molecule has 5 nitrogen and oxygen atoms in total. The second-order valence-corrected chi connectivity index (χ2v) is 9.74. The van der Waals surface area contributed by atoms with Gasteiger partial charge in [-0.15, -0.1) is 0 Å². The lowest BCUT2D eigenvalue weighted by molar-refractivity contribution is 0.270. The van der Waals surface area contributed by atoms with Crippen molar-refractivity contribution in [2.24, 2.45) is 0 Å². The summed E-state index contributed by atoms with van der Waals surface area (Å²) in [5.41, 5.74) is 3.33. The van der Waals surface area contributed by atoms with E-state index in [1.165, 1.54) is 11.3 Å². The Hall–Kier alpha value is -3.87. The summed E-state index contributed by atoms with van der Waals surface area (Å²) < 4.78 is 14.3. The summed E-state index contributed by atoms with van der Waals surface area (Å²) in [5, 5.41) is 2.71. The van der Waals surface area contributed by atoms with Gasteiger partial charge in [0.25, 0.3) is 5.56 Å². The molecule has 0 aliphatic carbocycles. The lowest BCUT2D eigenvalue weighted by Gasteiger charge is -2.15. The van der Waals surface area contributed by atoms with Crippen LogP contribution in [0.25, 0.3) is 32.8 Å². The van der Waals surface area contributed by atoms with Crippen LogP contribution in [-0.4, -0.2) is 16.0 Å². The Morgan fingerprint density at radius 3 is 2.69 bits per heavy atom. The van der Waals surface area contributed by atoms with E-state index in [1.807, 2.05) is 67.6 Å². The quantitative estimate of drug-likeness (QED) is 0.265. The maximum Gasteiger partial charge on any atom is 0.274 e. The predicted molar refractivity (Wildman–Crippen MR) is 147 cm³/mol. The summed E-state index contributed by atoms with van der Waals surface area (Å²) in [6.45, 7) is 2.72. The number of thiazole rings is 1. The number of ether oxygens (including phenoxy) is 2. The van der Waals surface area contributed by atoms with Gasteiger partial charge in [0.05, 0.1) is 27.2 Å². The maximum absolute atomic E-state index is 13.2. The Morgan fingerprint density at radius 1 is 1.00 bits per heavy atom. The zero-order valence-electron chi connectivity index (χ0n) is 19.4. The molecule has 0 saturated carbocycles. The highest BCUT2D eigenvalue weighted by Gasteiger charge is 2.15. The molecule has 4 aromatic carbocycles. The highest BCUT2D eigenvalue weighted by Crippen LogP contribution is 2.38. The van der Waals surface area contributed by atoms with Crippen molar-refractivity contribution in [3.05, 3.63) is 110 Å². The van der Waals surface area contributed by atoms with Crippen LogP contribution in [0.4, 0.5) is 0 Å². The van der Waals surface area contributed by atoms with Crippen molar-refractivity contribution in [3.63, 3.8) is 0 Å². The molecule has 2 aromatic heterocycles. The second kappa shape index (κ2) is 9.30. The van der Waals surface area contributed by atoms with Crippen LogP contribution >= 0.6 is 22.9 Å². The minimum absolute atomic E-state index is 0.103. The first-order valence-corrected chi connectivity index (χ1v) is 12.8. The minimum atomic E-state index is -0.103. The first-order chi connectivity index (χ1) is 17.6. The van der Waals surface area contributed by atoms with Crippen molar-refractivity contribution in [2.75, 3.05) is 6.61 Å². The molecule has 178 valence electrons. The van der Waals surface area contributed by atoms with Crippen molar-refractivity contribution in [1.29, 1.82) is 0 Å². The van der Waals surface area contributed by atoms with Gasteiger partial charge in [0.15, 0.2) is 16.5 Å². The van der Waals surface area contributed by atoms with Crippen LogP contribution in [0.3, 0.4) is 0 Å². The fourth-order valence-electron chi connectivity index (χ4n) is 4.41. The molecule has 0 N–H and O–H groups in total. The first kappa shape index (κ1) is 22.6. The summed E-state index contributed by atoms with van der Waals surface area (Å²) in [4.78, 5) is 18.4. The first-order valence-electron chi connectivity index (χ1n) is 11.6. The molecule has 2 heterocycles. The molecule has 0 radical (unpaired) electrons. The van der Waals surface area contributed by atoms with Gasteiger partial charge in [-0.2, -0.15) is 0 Å². The Bertz CT molecular complexity index is 1850. The normalized spacial score (nSPS) is 12.1. The molecular formula is C29H21ClN2O3S. The van der Waals surface area contributed by atoms with E-state index in [4.69, 9.17) is 21.1 Å². The summed E-state index contributed by atoms with van der Waals surface area (Å²) in [6, 6.07) is 25.6. The molecule has 0 unspecified atom stereocenters. The SMILES string of the molecule is CCOc1cc(/C=c2\sc3nc4ccccc4n3c2=O)cc(Cl)c1OCc1cccc2ccccc12. The fraction of sp³-hybridized carbons (Fsp3) is 0.103. The maximum atomic E-state index is 13.2. The van der Waals surface area contributed by atoms with Crippen molar-refractivity contribution >= 4 is 55.8 Å². The highest BCUT2D eigenvalue weighted by atomic mass is 35.5. The van der Waals surface area contributed by atoms with E-state index in [-0.39, 0.29) is 5.56 Å². The van der Waals surface area contributed by atoms with E-state index in [9.17, 15) is 4.79 Å². The zero-order chi connectivity index (χ0) is 24.6. The smallest absolute Gasteiger partial charge is 0.274 e. The number of hydrogen-bond donors (Lipinski definition) is 0. The van der Waals surface area contributed by atoms with Crippen molar-refractivity contribution in [3.8, 4) is 11.5 Å². The molecule has 6 aromatic rings. The van der Waals surface area contributed by atoms with Gasteiger partial charge < -0.3 is 9.47 Å². The largest absolute Gasteiger partial charge is 0.490 e. The Labute approximate surface area is 215 Å². The predicted octanol–water partition coefficient (Wildman–Crippen LogP) is 6.24. The van der Waals surface area contributed by atoms with Crippen molar-refractivity contribution < 1.29 is 9.47 Å². The third kappa shape index (κ3) is 3.98. The molecule has 0 aliphatic heterocycles. The average molecular weight is 513 g/mol. The van der Waals surface area contributed by atoms with Gasteiger partial charge in [0.2, 0.25) is 0 Å². The summed E-state index contributed by atoms with van der Waals surface area (Å²) in [7, 11) is 0. The van der Waals surface area contributed by atoms with E-state index in [2.05, 4.69) is 23.2 Å². The average Bonchev–Trinajstić information content (AvgIpc) is 3.39. The molecule has 0 bridgehead atoms. The molecule has 0 atom stereocenters. The Balaban J connectivity index is 1.37. The monoisotopic (exact) mass is 512 g/mol. The summed E-state index contributed by atoms with van der Waals surface area (Å²) >= 11 is 8.03. The molecule has 0 fully saturated rings. The van der Waals surface area contributed by atoms with Crippen LogP contribution in [0.1, 0.15) is 18.1 Å². The van der Waals surface area contributed by atoms with Gasteiger partial charge in [0, 0.05) is 0 Å². The topological polar surface area (TPSA) is 52.8 Å². The Kier molecular flexibility index (Phi) is 5.83. The summed E-state index contributed by atoms with van der Waals surface area (Å²) in [5.74, 6) is 1.02. The van der Waals surface area contributed by atoms with E-state index in [0.29, 0.717) is 39.2 Å². The number of aromatic nitrogens is 2. The van der Waals surface area contributed by atoms with Gasteiger partial charge in [-0.25, -0.2) is 9.38 Å². The van der Waals surface area contributed by atoms with Gasteiger partial charge in [-0.1, -0.05) is 77.5 Å². The van der Waals surface area contributed by atoms with Crippen molar-refractivity contribution in [2.45, 2.75) is 13.5 Å². The van der Waals surface area contributed by atoms with Gasteiger partial charge in [-0.05, 0) is 59.2 Å². The van der Waals surface area contributed by atoms with Gasteiger partial charge in [0.1, 0.15) is 6.61 Å². The molecule has 0 saturated heterocycles. The number of halogens is 1. The second-order valence-electron chi connectivity index (χ2n) is 8.32.